The Labute approximate surface area is 120 Å². The number of rotatable bonds is 6. The van der Waals surface area contributed by atoms with Crippen LogP contribution in [0.4, 0.5) is 4.79 Å². The van der Waals surface area contributed by atoms with Gasteiger partial charge in [0, 0.05) is 26.2 Å². The topological polar surface area (TPSA) is 148 Å². The maximum absolute atomic E-state index is 11.7. The number of carbonyl (C=O) groups is 4. The minimum atomic E-state index is -1.54. The zero-order valence-corrected chi connectivity index (χ0v) is 11.3. The third-order valence-electron chi connectivity index (χ3n) is 2.85. The van der Waals surface area contributed by atoms with Crippen molar-refractivity contribution in [2.45, 2.75) is 12.5 Å². The van der Waals surface area contributed by atoms with E-state index in [4.69, 9.17) is 10.2 Å². The van der Waals surface area contributed by atoms with Crippen LogP contribution in [0.1, 0.15) is 6.42 Å². The first-order valence-electron chi connectivity index (χ1n) is 6.37. The Morgan fingerprint density at radius 2 is 1.76 bits per heavy atom. The van der Waals surface area contributed by atoms with E-state index in [2.05, 4.69) is 10.6 Å². The highest BCUT2D eigenvalue weighted by atomic mass is 16.4. The standard InChI is InChI=1S/C11H18N4O6/c16-8(15-3-1-12-2-4-15)6-13-11(21)14-7(10(19)20)5-9(17)18/h7,12H,1-6H2,(H,17,18)(H,19,20)(H2,13,14,21). The number of carbonyl (C=O) groups excluding carboxylic acids is 2. The van der Waals surface area contributed by atoms with Crippen molar-refractivity contribution in [2.24, 2.45) is 0 Å². The molecule has 1 aliphatic heterocycles. The Hall–Kier alpha value is -2.36. The van der Waals surface area contributed by atoms with E-state index in [1.165, 1.54) is 0 Å². The first kappa shape index (κ1) is 16.7. The molecule has 0 bridgehead atoms. The summed E-state index contributed by atoms with van der Waals surface area (Å²) < 4.78 is 0. The Bertz CT molecular complexity index is 421. The SMILES string of the molecule is O=C(O)CC(NC(=O)NCC(=O)N1CCNCC1)C(=O)O. The van der Waals surface area contributed by atoms with Crippen molar-refractivity contribution in [2.75, 3.05) is 32.7 Å². The molecule has 1 aliphatic rings. The quantitative estimate of drug-likeness (QED) is 0.369. The first-order chi connectivity index (χ1) is 9.90. The fourth-order valence-electron chi connectivity index (χ4n) is 1.77. The predicted molar refractivity (Wildman–Crippen MR) is 69.7 cm³/mol. The summed E-state index contributed by atoms with van der Waals surface area (Å²) in [6.07, 6.45) is -0.742. The van der Waals surface area contributed by atoms with Gasteiger partial charge in [0.25, 0.3) is 0 Å². The molecule has 0 aromatic carbocycles. The highest BCUT2D eigenvalue weighted by Crippen LogP contribution is 1.94. The molecule has 1 saturated heterocycles. The maximum Gasteiger partial charge on any atom is 0.326 e. The summed E-state index contributed by atoms with van der Waals surface area (Å²) in [6.45, 7) is 2.16. The molecule has 5 N–H and O–H groups in total. The van der Waals surface area contributed by atoms with Gasteiger partial charge in [0.1, 0.15) is 6.04 Å². The summed E-state index contributed by atoms with van der Waals surface area (Å²) in [5.41, 5.74) is 0. The number of carboxylic acids is 2. The molecular formula is C11H18N4O6. The van der Waals surface area contributed by atoms with Gasteiger partial charge >= 0.3 is 18.0 Å². The lowest BCUT2D eigenvalue weighted by atomic mass is 10.2. The summed E-state index contributed by atoms with van der Waals surface area (Å²) in [6, 6.07) is -2.44. The van der Waals surface area contributed by atoms with Crippen LogP contribution in [-0.4, -0.2) is 77.8 Å². The largest absolute Gasteiger partial charge is 0.481 e. The molecule has 1 atom stereocenters. The lowest BCUT2D eigenvalue weighted by Gasteiger charge is -2.27. The highest BCUT2D eigenvalue weighted by Gasteiger charge is 2.23. The van der Waals surface area contributed by atoms with E-state index in [0.29, 0.717) is 26.2 Å². The number of nitrogens with one attached hydrogen (secondary N) is 3. The van der Waals surface area contributed by atoms with Crippen LogP contribution in [0.25, 0.3) is 0 Å². The number of hydrogen-bond acceptors (Lipinski definition) is 5. The van der Waals surface area contributed by atoms with E-state index in [1.54, 1.807) is 4.90 Å². The molecule has 0 radical (unpaired) electrons. The Morgan fingerprint density at radius 1 is 1.14 bits per heavy atom. The molecule has 0 aliphatic carbocycles. The second kappa shape index (κ2) is 8.04. The first-order valence-corrected chi connectivity index (χ1v) is 6.37. The van der Waals surface area contributed by atoms with Crippen molar-refractivity contribution in [3.8, 4) is 0 Å². The van der Waals surface area contributed by atoms with Gasteiger partial charge in [-0.3, -0.25) is 9.59 Å². The molecule has 3 amide bonds. The van der Waals surface area contributed by atoms with E-state index in [9.17, 15) is 19.2 Å². The van der Waals surface area contributed by atoms with Gasteiger partial charge in [-0.15, -0.1) is 0 Å². The maximum atomic E-state index is 11.7. The third-order valence-corrected chi connectivity index (χ3v) is 2.85. The molecule has 0 aromatic rings. The molecule has 1 fully saturated rings. The summed E-state index contributed by atoms with van der Waals surface area (Å²) in [4.78, 5) is 46.0. The molecule has 10 nitrogen and oxygen atoms in total. The van der Waals surface area contributed by atoms with Gasteiger partial charge in [0.15, 0.2) is 0 Å². The molecule has 10 heteroatoms. The van der Waals surface area contributed by atoms with Crippen molar-refractivity contribution in [1.82, 2.24) is 20.9 Å². The van der Waals surface area contributed by atoms with Crippen molar-refractivity contribution < 1.29 is 29.4 Å². The van der Waals surface area contributed by atoms with Crippen LogP contribution in [0.5, 0.6) is 0 Å². The number of urea groups is 1. The number of aliphatic carboxylic acids is 2. The predicted octanol–water partition coefficient (Wildman–Crippen LogP) is -2.35. The molecule has 21 heavy (non-hydrogen) atoms. The number of nitrogens with zero attached hydrogens (tertiary/aromatic N) is 1. The van der Waals surface area contributed by atoms with E-state index in [1.807, 2.05) is 5.32 Å². The van der Waals surface area contributed by atoms with Gasteiger partial charge in [0.05, 0.1) is 13.0 Å². The highest BCUT2D eigenvalue weighted by molar-refractivity contribution is 5.88. The van der Waals surface area contributed by atoms with E-state index >= 15 is 0 Å². The molecule has 118 valence electrons. The van der Waals surface area contributed by atoms with Gasteiger partial charge in [-0.25, -0.2) is 9.59 Å². The number of carboxylic acid groups (broad SMARTS) is 2. The molecule has 0 aromatic heterocycles. The average molecular weight is 302 g/mol. The smallest absolute Gasteiger partial charge is 0.326 e. The molecular weight excluding hydrogens is 284 g/mol. The van der Waals surface area contributed by atoms with Crippen molar-refractivity contribution in [3.05, 3.63) is 0 Å². The Kier molecular flexibility index (Phi) is 6.40. The van der Waals surface area contributed by atoms with Crippen LogP contribution >= 0.6 is 0 Å². The monoisotopic (exact) mass is 302 g/mol. The number of amides is 3. The summed E-state index contributed by atoms with van der Waals surface area (Å²) in [7, 11) is 0. The Balaban J connectivity index is 2.36. The normalized spacial score (nSPS) is 15.9. The second-order valence-corrected chi connectivity index (χ2v) is 4.45. The van der Waals surface area contributed by atoms with Crippen molar-refractivity contribution in [3.63, 3.8) is 0 Å². The van der Waals surface area contributed by atoms with Crippen LogP contribution in [0.2, 0.25) is 0 Å². The molecule has 1 unspecified atom stereocenters. The summed E-state index contributed by atoms with van der Waals surface area (Å²) >= 11 is 0. The van der Waals surface area contributed by atoms with Gasteiger partial charge < -0.3 is 31.1 Å². The van der Waals surface area contributed by atoms with Gasteiger partial charge in [-0.2, -0.15) is 0 Å². The fraction of sp³-hybridized carbons (Fsp3) is 0.636. The zero-order chi connectivity index (χ0) is 15.8. The summed E-state index contributed by atoms with van der Waals surface area (Å²) in [5.74, 6) is -3.09. The molecule has 0 spiro atoms. The van der Waals surface area contributed by atoms with Crippen LogP contribution in [0.15, 0.2) is 0 Å². The van der Waals surface area contributed by atoms with Crippen LogP contribution in [0, 0.1) is 0 Å². The average Bonchev–Trinajstić information content (AvgIpc) is 2.44. The molecule has 1 rings (SSSR count). The molecule has 0 saturated carbocycles. The van der Waals surface area contributed by atoms with Crippen LogP contribution < -0.4 is 16.0 Å². The van der Waals surface area contributed by atoms with E-state index in [-0.39, 0.29) is 12.5 Å². The van der Waals surface area contributed by atoms with Crippen LogP contribution in [-0.2, 0) is 14.4 Å². The number of piperazine rings is 1. The van der Waals surface area contributed by atoms with Crippen molar-refractivity contribution >= 4 is 23.9 Å². The van der Waals surface area contributed by atoms with Crippen LogP contribution in [0.3, 0.4) is 0 Å². The van der Waals surface area contributed by atoms with E-state index < -0.39 is 30.4 Å². The van der Waals surface area contributed by atoms with Gasteiger partial charge in [-0.05, 0) is 0 Å². The lowest BCUT2D eigenvalue weighted by Crippen LogP contribution is -2.52. The Morgan fingerprint density at radius 3 is 2.29 bits per heavy atom. The lowest BCUT2D eigenvalue weighted by molar-refractivity contribution is -0.145. The fourth-order valence-corrected chi connectivity index (χ4v) is 1.77. The second-order valence-electron chi connectivity index (χ2n) is 4.45. The van der Waals surface area contributed by atoms with Gasteiger partial charge in [0.2, 0.25) is 5.91 Å². The third kappa shape index (κ3) is 6.08. The zero-order valence-electron chi connectivity index (χ0n) is 11.3. The van der Waals surface area contributed by atoms with Gasteiger partial charge in [-0.1, -0.05) is 0 Å². The minimum absolute atomic E-state index is 0.273. The number of hydrogen-bond donors (Lipinski definition) is 5. The summed E-state index contributed by atoms with van der Waals surface area (Å²) in [5, 5.41) is 24.6. The minimum Gasteiger partial charge on any atom is -0.481 e. The molecule has 1 heterocycles. The van der Waals surface area contributed by atoms with Crippen molar-refractivity contribution in [1.29, 1.82) is 0 Å². The van der Waals surface area contributed by atoms with E-state index in [0.717, 1.165) is 0 Å².